The zero-order valence-corrected chi connectivity index (χ0v) is 10.9. The van der Waals surface area contributed by atoms with Crippen LogP contribution >= 0.6 is 0 Å². The molecule has 0 saturated carbocycles. The van der Waals surface area contributed by atoms with Gasteiger partial charge in [-0.15, -0.1) is 0 Å². The van der Waals surface area contributed by atoms with Crippen LogP contribution in [0.2, 0.25) is 0 Å². The van der Waals surface area contributed by atoms with Crippen LogP contribution in [0, 0.1) is 0 Å². The van der Waals surface area contributed by atoms with Gasteiger partial charge in [-0.05, 0) is 26.0 Å². The molecule has 3 N–H and O–H groups in total. The minimum atomic E-state index is -0.537. The Kier molecular flexibility index (Phi) is 3.39. The second-order valence-corrected chi connectivity index (χ2v) is 4.71. The fourth-order valence-electron chi connectivity index (χ4n) is 2.18. The first-order valence-corrected chi connectivity index (χ1v) is 6.12. The van der Waals surface area contributed by atoms with E-state index in [9.17, 15) is 4.79 Å². The summed E-state index contributed by atoms with van der Waals surface area (Å²) < 4.78 is 0. The monoisotopic (exact) mass is 245 g/mol. The fraction of sp³-hybridized carbons (Fsp3) is 0.357. The Morgan fingerprint density at radius 2 is 2.28 bits per heavy atom. The van der Waals surface area contributed by atoms with Crippen LogP contribution < -0.4 is 16.0 Å². The number of benzene rings is 1. The van der Waals surface area contributed by atoms with E-state index < -0.39 is 6.04 Å². The summed E-state index contributed by atoms with van der Waals surface area (Å²) in [6.07, 6.45) is 0. The molecule has 96 valence electrons. The van der Waals surface area contributed by atoms with Gasteiger partial charge in [0.25, 0.3) is 0 Å². The number of amides is 1. The van der Waals surface area contributed by atoms with Gasteiger partial charge in [0, 0.05) is 30.0 Å². The zero-order valence-electron chi connectivity index (χ0n) is 10.9. The Morgan fingerprint density at radius 3 is 2.89 bits per heavy atom. The lowest BCUT2D eigenvalue weighted by molar-refractivity contribution is -0.116. The van der Waals surface area contributed by atoms with E-state index in [1.54, 1.807) is 0 Å². The first kappa shape index (κ1) is 12.6. The third-order valence-electron chi connectivity index (χ3n) is 3.12. The Bertz CT molecular complexity index is 496. The van der Waals surface area contributed by atoms with Gasteiger partial charge in [-0.25, -0.2) is 0 Å². The van der Waals surface area contributed by atoms with Crippen LogP contribution in [0.1, 0.15) is 25.5 Å². The van der Waals surface area contributed by atoms with Gasteiger partial charge in [-0.1, -0.05) is 18.2 Å². The molecule has 0 spiro atoms. The molecule has 1 aliphatic rings. The van der Waals surface area contributed by atoms with Crippen LogP contribution in [0.25, 0.3) is 0 Å². The molecule has 1 amide bonds. The number of fused-ring (bicyclic) bond motifs is 1. The number of anilines is 2. The molecule has 2 rings (SSSR count). The van der Waals surface area contributed by atoms with E-state index in [2.05, 4.69) is 23.7 Å². The lowest BCUT2D eigenvalue weighted by atomic mass is 10.1. The number of hydrogen-bond donors (Lipinski definition) is 2. The van der Waals surface area contributed by atoms with Crippen molar-refractivity contribution in [1.29, 1.82) is 0 Å². The molecular weight excluding hydrogens is 226 g/mol. The second kappa shape index (κ2) is 4.82. The maximum absolute atomic E-state index is 11.5. The summed E-state index contributed by atoms with van der Waals surface area (Å²) in [6.45, 7) is 9.75. The van der Waals surface area contributed by atoms with E-state index in [-0.39, 0.29) is 5.91 Å². The van der Waals surface area contributed by atoms with Gasteiger partial charge in [-0.2, -0.15) is 0 Å². The first-order valence-electron chi connectivity index (χ1n) is 6.12. The van der Waals surface area contributed by atoms with Crippen molar-refractivity contribution in [3.05, 3.63) is 35.9 Å². The van der Waals surface area contributed by atoms with Crippen LogP contribution in [0.3, 0.4) is 0 Å². The summed E-state index contributed by atoms with van der Waals surface area (Å²) in [6, 6.07) is 5.37. The van der Waals surface area contributed by atoms with Crippen LogP contribution in [0.5, 0.6) is 0 Å². The molecule has 1 aromatic carbocycles. The summed E-state index contributed by atoms with van der Waals surface area (Å²) in [5.41, 5.74) is 9.67. The van der Waals surface area contributed by atoms with Gasteiger partial charge in [-0.3, -0.25) is 4.79 Å². The van der Waals surface area contributed by atoms with Gasteiger partial charge in [0.15, 0.2) is 0 Å². The Hall–Kier alpha value is -1.81. The van der Waals surface area contributed by atoms with E-state index in [4.69, 9.17) is 5.73 Å². The Morgan fingerprint density at radius 1 is 1.56 bits per heavy atom. The summed E-state index contributed by atoms with van der Waals surface area (Å²) in [5, 5.41) is 2.81. The number of nitrogens with zero attached hydrogens (tertiary/aromatic N) is 1. The number of carbonyl (C=O) groups is 1. The zero-order chi connectivity index (χ0) is 13.3. The maximum atomic E-state index is 11.5. The number of likely N-dealkylation sites (N-methyl/N-ethyl adjacent to an activating group) is 1. The molecule has 0 saturated heterocycles. The molecule has 0 aromatic heterocycles. The number of nitrogens with one attached hydrogen (secondary N) is 1. The molecule has 4 nitrogen and oxygen atoms in total. The standard InChI is InChI=1S/C14H19N3O/c1-4-17(8-9(2)3)10-5-6-11-12(7-10)16-14(18)13(11)15/h5-7,13H,2,4,8,15H2,1,3H3,(H,16,18). The lowest BCUT2D eigenvalue weighted by Crippen LogP contribution is -2.24. The van der Waals surface area contributed by atoms with Gasteiger partial charge in [0.1, 0.15) is 6.04 Å². The average molecular weight is 245 g/mol. The van der Waals surface area contributed by atoms with Crippen molar-refractivity contribution in [2.75, 3.05) is 23.3 Å². The van der Waals surface area contributed by atoms with E-state index in [0.29, 0.717) is 0 Å². The molecule has 1 unspecified atom stereocenters. The normalized spacial score (nSPS) is 17.3. The van der Waals surface area contributed by atoms with Gasteiger partial charge < -0.3 is 16.0 Å². The number of nitrogens with two attached hydrogens (primary N) is 1. The summed E-state index contributed by atoms with van der Waals surface area (Å²) in [4.78, 5) is 13.7. The number of carbonyl (C=O) groups excluding carboxylic acids is 1. The Labute approximate surface area is 107 Å². The summed E-state index contributed by atoms with van der Waals surface area (Å²) >= 11 is 0. The quantitative estimate of drug-likeness (QED) is 0.798. The van der Waals surface area contributed by atoms with Crippen molar-refractivity contribution in [3.8, 4) is 0 Å². The molecule has 1 aromatic rings. The van der Waals surface area contributed by atoms with Crippen LogP contribution in [0.15, 0.2) is 30.4 Å². The molecule has 18 heavy (non-hydrogen) atoms. The largest absolute Gasteiger partial charge is 0.368 e. The van der Waals surface area contributed by atoms with E-state index in [1.807, 2.05) is 25.1 Å². The molecule has 0 radical (unpaired) electrons. The highest BCUT2D eigenvalue weighted by molar-refractivity contribution is 6.02. The van der Waals surface area contributed by atoms with E-state index in [1.165, 1.54) is 0 Å². The minimum absolute atomic E-state index is 0.134. The third-order valence-corrected chi connectivity index (χ3v) is 3.12. The molecule has 1 heterocycles. The second-order valence-electron chi connectivity index (χ2n) is 4.71. The van der Waals surface area contributed by atoms with Crippen molar-refractivity contribution in [3.63, 3.8) is 0 Å². The van der Waals surface area contributed by atoms with Gasteiger partial charge in [0.05, 0.1) is 0 Å². The van der Waals surface area contributed by atoms with Crippen LogP contribution in [-0.4, -0.2) is 19.0 Å². The van der Waals surface area contributed by atoms with Crippen molar-refractivity contribution >= 4 is 17.3 Å². The SMILES string of the molecule is C=C(C)CN(CC)c1ccc2c(c1)NC(=O)C2N. The first-order chi connectivity index (χ1) is 8.52. The molecular formula is C14H19N3O. The molecule has 4 heteroatoms. The minimum Gasteiger partial charge on any atom is -0.368 e. The predicted molar refractivity (Wildman–Crippen MR) is 74.7 cm³/mol. The number of rotatable bonds is 4. The number of hydrogen-bond acceptors (Lipinski definition) is 3. The van der Waals surface area contributed by atoms with Crippen molar-refractivity contribution in [2.45, 2.75) is 19.9 Å². The molecule has 1 aliphatic heterocycles. The van der Waals surface area contributed by atoms with E-state index in [0.717, 1.165) is 35.6 Å². The van der Waals surface area contributed by atoms with Crippen LogP contribution in [-0.2, 0) is 4.79 Å². The third kappa shape index (κ3) is 2.24. The summed E-state index contributed by atoms with van der Waals surface area (Å²) in [7, 11) is 0. The van der Waals surface area contributed by atoms with Crippen LogP contribution in [0.4, 0.5) is 11.4 Å². The smallest absolute Gasteiger partial charge is 0.245 e. The Balaban J connectivity index is 2.29. The molecule has 0 bridgehead atoms. The molecule has 0 aliphatic carbocycles. The lowest BCUT2D eigenvalue weighted by Gasteiger charge is -2.23. The molecule has 0 fully saturated rings. The highest BCUT2D eigenvalue weighted by atomic mass is 16.2. The maximum Gasteiger partial charge on any atom is 0.245 e. The predicted octanol–water partition coefficient (Wildman–Crippen LogP) is 2.04. The van der Waals surface area contributed by atoms with Crippen molar-refractivity contribution in [2.24, 2.45) is 5.73 Å². The van der Waals surface area contributed by atoms with Gasteiger partial charge >= 0.3 is 0 Å². The fourth-order valence-corrected chi connectivity index (χ4v) is 2.18. The van der Waals surface area contributed by atoms with Crippen molar-refractivity contribution in [1.82, 2.24) is 0 Å². The van der Waals surface area contributed by atoms with Gasteiger partial charge in [0.2, 0.25) is 5.91 Å². The molecule has 1 atom stereocenters. The van der Waals surface area contributed by atoms with E-state index >= 15 is 0 Å². The highest BCUT2D eigenvalue weighted by Gasteiger charge is 2.27. The van der Waals surface area contributed by atoms with Crippen molar-refractivity contribution < 1.29 is 4.79 Å². The summed E-state index contributed by atoms with van der Waals surface area (Å²) in [5.74, 6) is -0.134. The topological polar surface area (TPSA) is 58.4 Å². The highest BCUT2D eigenvalue weighted by Crippen LogP contribution is 2.32. The average Bonchev–Trinajstić information content (AvgIpc) is 2.61.